The second-order valence-electron chi connectivity index (χ2n) is 6.27. The van der Waals surface area contributed by atoms with Gasteiger partial charge in [0.15, 0.2) is 0 Å². The molecule has 28 heavy (non-hydrogen) atoms. The molecule has 1 N–H and O–H groups in total. The molecule has 0 fully saturated rings. The van der Waals surface area contributed by atoms with Gasteiger partial charge in [0.25, 0.3) is 11.8 Å². The predicted molar refractivity (Wildman–Crippen MR) is 113 cm³/mol. The lowest BCUT2D eigenvalue weighted by molar-refractivity contribution is 0.0786. The summed E-state index contributed by atoms with van der Waals surface area (Å²) in [5.41, 5.74) is 2.13. The average Bonchev–Trinajstić information content (AvgIpc) is 2.68. The van der Waals surface area contributed by atoms with Crippen LogP contribution in [-0.2, 0) is 6.54 Å². The van der Waals surface area contributed by atoms with Crippen LogP contribution in [0.3, 0.4) is 0 Å². The van der Waals surface area contributed by atoms with Crippen LogP contribution in [0.4, 0.5) is 5.69 Å². The van der Waals surface area contributed by atoms with E-state index in [1.807, 2.05) is 30.3 Å². The van der Waals surface area contributed by atoms with E-state index in [2.05, 4.69) is 5.32 Å². The molecule has 0 atom stereocenters. The van der Waals surface area contributed by atoms with Gasteiger partial charge in [-0.1, -0.05) is 65.7 Å². The predicted octanol–water partition coefficient (Wildman–Crippen LogP) is 5.52. The molecule has 0 saturated heterocycles. The van der Waals surface area contributed by atoms with Crippen LogP contribution in [0.15, 0.2) is 72.8 Å². The van der Waals surface area contributed by atoms with Crippen LogP contribution < -0.4 is 5.32 Å². The average molecular weight is 413 g/mol. The highest BCUT2D eigenvalue weighted by atomic mass is 35.5. The molecule has 0 heterocycles. The zero-order valence-corrected chi connectivity index (χ0v) is 16.7. The first-order chi connectivity index (χ1) is 13.5. The Hall–Kier alpha value is -2.82. The molecule has 0 unspecified atom stereocenters. The lowest BCUT2D eigenvalue weighted by atomic mass is 10.1. The molecule has 3 aromatic rings. The number of rotatable bonds is 5. The largest absolute Gasteiger partial charge is 0.337 e. The minimum atomic E-state index is -0.410. The Morgan fingerprint density at radius 1 is 0.893 bits per heavy atom. The first-order valence-corrected chi connectivity index (χ1v) is 9.36. The third kappa shape index (κ3) is 4.71. The topological polar surface area (TPSA) is 49.4 Å². The Kier molecular flexibility index (Phi) is 6.34. The number of carbonyl (C=O) groups excluding carboxylic acids is 2. The summed E-state index contributed by atoms with van der Waals surface area (Å²) < 4.78 is 0. The number of halogens is 2. The third-order valence-corrected chi connectivity index (χ3v) is 4.74. The van der Waals surface area contributed by atoms with Crippen molar-refractivity contribution in [3.05, 3.63) is 99.5 Å². The molecule has 0 aliphatic carbocycles. The van der Waals surface area contributed by atoms with Gasteiger partial charge in [-0.25, -0.2) is 0 Å². The Bertz CT molecular complexity index is 1010. The fourth-order valence-electron chi connectivity index (χ4n) is 2.78. The van der Waals surface area contributed by atoms with Gasteiger partial charge in [-0.15, -0.1) is 0 Å². The summed E-state index contributed by atoms with van der Waals surface area (Å²) in [6.07, 6.45) is 0. The number of benzene rings is 3. The first kappa shape index (κ1) is 19.9. The Balaban J connectivity index is 1.80. The fraction of sp³-hybridized carbons (Fsp3) is 0.0909. The molecule has 6 heteroatoms. The smallest absolute Gasteiger partial charge is 0.257 e. The second kappa shape index (κ2) is 8.91. The van der Waals surface area contributed by atoms with Crippen molar-refractivity contribution in [1.82, 2.24) is 4.90 Å². The maximum absolute atomic E-state index is 12.9. The molecule has 3 rings (SSSR count). The summed E-state index contributed by atoms with van der Waals surface area (Å²) in [5.74, 6) is -0.602. The van der Waals surface area contributed by atoms with E-state index < -0.39 is 5.91 Å². The van der Waals surface area contributed by atoms with Crippen molar-refractivity contribution < 1.29 is 9.59 Å². The van der Waals surface area contributed by atoms with Crippen LogP contribution in [-0.4, -0.2) is 23.8 Å². The van der Waals surface area contributed by atoms with Crippen LogP contribution in [0.25, 0.3) is 0 Å². The minimum absolute atomic E-state index is 0.193. The summed E-state index contributed by atoms with van der Waals surface area (Å²) in [5, 5.41) is 3.46. The summed E-state index contributed by atoms with van der Waals surface area (Å²) >= 11 is 12.0. The molecule has 0 spiro atoms. The standard InChI is InChI=1S/C22H18Cl2N2O2/c1-26(14-15-7-3-2-4-8-15)22(28)18-9-5-6-10-20(18)25-21(27)17-12-11-16(23)13-19(17)24/h2-13H,14H2,1H3,(H,25,27). The number of hydrogen-bond acceptors (Lipinski definition) is 2. The van der Waals surface area contributed by atoms with E-state index in [1.54, 1.807) is 48.3 Å². The van der Waals surface area contributed by atoms with Crippen molar-refractivity contribution in [2.24, 2.45) is 0 Å². The molecular formula is C22H18Cl2N2O2. The molecule has 0 saturated carbocycles. The van der Waals surface area contributed by atoms with Crippen molar-refractivity contribution in [3.63, 3.8) is 0 Å². The van der Waals surface area contributed by atoms with Crippen LogP contribution in [0.5, 0.6) is 0 Å². The molecule has 0 bridgehead atoms. The van der Waals surface area contributed by atoms with Crippen LogP contribution >= 0.6 is 23.2 Å². The summed E-state index contributed by atoms with van der Waals surface area (Å²) in [6.45, 7) is 0.463. The first-order valence-electron chi connectivity index (χ1n) is 8.60. The maximum atomic E-state index is 12.9. The molecule has 0 radical (unpaired) electrons. The summed E-state index contributed by atoms with van der Waals surface area (Å²) in [4.78, 5) is 27.2. The van der Waals surface area contributed by atoms with Gasteiger partial charge in [-0.05, 0) is 35.9 Å². The minimum Gasteiger partial charge on any atom is -0.337 e. The van der Waals surface area contributed by atoms with E-state index in [4.69, 9.17) is 23.2 Å². The number of hydrogen-bond donors (Lipinski definition) is 1. The zero-order chi connectivity index (χ0) is 20.1. The van der Waals surface area contributed by atoms with Crippen LogP contribution in [0.2, 0.25) is 10.0 Å². The molecule has 2 amide bonds. The lowest BCUT2D eigenvalue weighted by Crippen LogP contribution is -2.27. The number of anilines is 1. The second-order valence-corrected chi connectivity index (χ2v) is 7.11. The molecular weight excluding hydrogens is 395 g/mol. The van der Waals surface area contributed by atoms with E-state index in [-0.39, 0.29) is 16.5 Å². The van der Waals surface area contributed by atoms with Crippen molar-refractivity contribution in [1.29, 1.82) is 0 Å². The van der Waals surface area contributed by atoms with E-state index in [1.165, 1.54) is 6.07 Å². The van der Waals surface area contributed by atoms with Crippen molar-refractivity contribution in [2.75, 3.05) is 12.4 Å². The van der Waals surface area contributed by atoms with E-state index in [9.17, 15) is 9.59 Å². The number of nitrogens with one attached hydrogen (secondary N) is 1. The normalized spacial score (nSPS) is 10.4. The highest BCUT2D eigenvalue weighted by Crippen LogP contribution is 2.24. The number of carbonyl (C=O) groups is 2. The molecule has 4 nitrogen and oxygen atoms in total. The highest BCUT2D eigenvalue weighted by Gasteiger charge is 2.18. The van der Waals surface area contributed by atoms with Crippen molar-refractivity contribution >= 4 is 40.7 Å². The molecule has 0 aliphatic heterocycles. The quantitative estimate of drug-likeness (QED) is 0.599. The number of nitrogens with zero attached hydrogens (tertiary/aromatic N) is 1. The monoisotopic (exact) mass is 412 g/mol. The lowest BCUT2D eigenvalue weighted by Gasteiger charge is -2.19. The van der Waals surface area contributed by atoms with Gasteiger partial charge in [0.05, 0.1) is 21.8 Å². The zero-order valence-electron chi connectivity index (χ0n) is 15.2. The van der Waals surface area contributed by atoms with Crippen molar-refractivity contribution in [3.8, 4) is 0 Å². The van der Waals surface area contributed by atoms with Gasteiger partial charge in [0.1, 0.15) is 0 Å². The molecule has 0 aliphatic rings. The van der Waals surface area contributed by atoms with Gasteiger partial charge < -0.3 is 10.2 Å². The van der Waals surface area contributed by atoms with Gasteiger partial charge in [-0.3, -0.25) is 9.59 Å². The molecule has 142 valence electrons. The fourth-order valence-corrected chi connectivity index (χ4v) is 3.27. The Labute approximate surface area is 173 Å². The van der Waals surface area contributed by atoms with Crippen LogP contribution in [0, 0.1) is 0 Å². The maximum Gasteiger partial charge on any atom is 0.257 e. The number of para-hydroxylation sites is 1. The van der Waals surface area contributed by atoms with E-state index >= 15 is 0 Å². The Morgan fingerprint density at radius 3 is 2.29 bits per heavy atom. The van der Waals surface area contributed by atoms with Gasteiger partial charge in [0.2, 0.25) is 0 Å². The van der Waals surface area contributed by atoms with E-state index in [0.29, 0.717) is 22.8 Å². The third-order valence-electron chi connectivity index (χ3n) is 4.19. The molecule has 3 aromatic carbocycles. The Morgan fingerprint density at radius 2 is 1.57 bits per heavy atom. The van der Waals surface area contributed by atoms with E-state index in [0.717, 1.165) is 5.56 Å². The van der Waals surface area contributed by atoms with Gasteiger partial charge in [-0.2, -0.15) is 0 Å². The summed E-state index contributed by atoms with van der Waals surface area (Å²) in [7, 11) is 1.73. The highest BCUT2D eigenvalue weighted by molar-refractivity contribution is 6.37. The van der Waals surface area contributed by atoms with Crippen molar-refractivity contribution in [2.45, 2.75) is 6.54 Å². The molecule has 0 aromatic heterocycles. The summed E-state index contributed by atoms with van der Waals surface area (Å²) in [6, 6.07) is 21.2. The van der Waals surface area contributed by atoms with Gasteiger partial charge in [0, 0.05) is 18.6 Å². The van der Waals surface area contributed by atoms with Crippen LogP contribution in [0.1, 0.15) is 26.3 Å². The number of amides is 2. The van der Waals surface area contributed by atoms with Gasteiger partial charge >= 0.3 is 0 Å². The SMILES string of the molecule is CN(Cc1ccccc1)C(=O)c1ccccc1NC(=O)c1ccc(Cl)cc1Cl.